The Hall–Kier alpha value is -2.50. The average Bonchev–Trinajstić information content (AvgIpc) is 3.25. The third-order valence-electron chi connectivity index (χ3n) is 6.36. The molecule has 154 valence electrons. The van der Waals surface area contributed by atoms with Crippen LogP contribution in [0.1, 0.15) is 35.8 Å². The number of hydrogen-bond donors (Lipinski definition) is 1. The Labute approximate surface area is 181 Å². The standard InChI is InChI=1S/C25H27N3OS/c29-24(18-27-15-12-20(13-16-27)19-7-2-1-3-8-19)28-14-6-9-21(17-28)25-26-22-10-4-5-11-23(22)30-25/h1-5,7-8,10-12,21H,6,9,13-18H2/p+1/t21-/m1/s1. The van der Waals surface area contributed by atoms with Crippen molar-refractivity contribution in [3.05, 3.63) is 71.2 Å². The highest BCUT2D eigenvalue weighted by Gasteiger charge is 2.29. The first-order valence-corrected chi connectivity index (χ1v) is 11.8. The third-order valence-corrected chi connectivity index (χ3v) is 7.56. The SMILES string of the molecule is O=C(C[NH+]1CC=C(c2ccccc2)CC1)N1CCC[C@@H](c2nc3ccccc3s2)C1. The normalized spacial score (nSPS) is 22.1. The number of carbonyl (C=O) groups excluding carboxylic acids is 1. The highest BCUT2D eigenvalue weighted by molar-refractivity contribution is 7.18. The van der Waals surface area contributed by atoms with Crippen molar-refractivity contribution in [2.45, 2.75) is 25.2 Å². The van der Waals surface area contributed by atoms with E-state index in [1.165, 1.54) is 25.7 Å². The summed E-state index contributed by atoms with van der Waals surface area (Å²) in [7, 11) is 0. The molecule has 5 heteroatoms. The fourth-order valence-electron chi connectivity index (χ4n) is 4.65. The van der Waals surface area contributed by atoms with Crippen molar-refractivity contribution in [1.29, 1.82) is 0 Å². The molecule has 2 aliphatic heterocycles. The minimum absolute atomic E-state index is 0.298. The Morgan fingerprint density at radius 1 is 1.13 bits per heavy atom. The van der Waals surface area contributed by atoms with Gasteiger partial charge in [-0.15, -0.1) is 11.3 Å². The second-order valence-electron chi connectivity index (χ2n) is 8.43. The Kier molecular flexibility index (Phi) is 5.65. The summed E-state index contributed by atoms with van der Waals surface area (Å²) in [4.78, 5) is 21.3. The fourth-order valence-corrected chi connectivity index (χ4v) is 5.75. The molecule has 0 saturated carbocycles. The van der Waals surface area contributed by atoms with Crippen molar-refractivity contribution in [1.82, 2.24) is 9.88 Å². The Balaban J connectivity index is 1.20. The van der Waals surface area contributed by atoms with Crippen molar-refractivity contribution in [2.24, 2.45) is 0 Å². The number of para-hydroxylation sites is 1. The first-order valence-electron chi connectivity index (χ1n) is 11.0. The van der Waals surface area contributed by atoms with Gasteiger partial charge < -0.3 is 9.80 Å². The smallest absolute Gasteiger partial charge is 0.277 e. The number of benzene rings is 2. The first kappa shape index (κ1) is 19.5. The lowest BCUT2D eigenvalue weighted by Gasteiger charge is -2.33. The molecule has 1 unspecified atom stereocenters. The van der Waals surface area contributed by atoms with Crippen molar-refractivity contribution in [3.63, 3.8) is 0 Å². The highest BCUT2D eigenvalue weighted by Crippen LogP contribution is 2.32. The van der Waals surface area contributed by atoms with Gasteiger partial charge in [0.2, 0.25) is 0 Å². The molecule has 3 heterocycles. The van der Waals surface area contributed by atoms with Crippen LogP contribution in [0, 0.1) is 0 Å². The van der Waals surface area contributed by atoms with Crippen molar-refractivity contribution in [2.75, 3.05) is 32.7 Å². The third kappa shape index (κ3) is 4.18. The molecular weight excluding hydrogens is 390 g/mol. The van der Waals surface area contributed by atoms with Gasteiger partial charge in [-0.3, -0.25) is 4.79 Å². The summed E-state index contributed by atoms with van der Waals surface area (Å²) >= 11 is 1.79. The van der Waals surface area contributed by atoms with Crippen molar-refractivity contribution >= 4 is 33.0 Å². The zero-order valence-corrected chi connectivity index (χ0v) is 18.0. The number of piperidine rings is 1. The first-order chi connectivity index (χ1) is 14.8. The van der Waals surface area contributed by atoms with Crippen LogP contribution in [-0.2, 0) is 4.79 Å². The molecule has 1 saturated heterocycles. The van der Waals surface area contributed by atoms with Crippen LogP contribution in [0.4, 0.5) is 0 Å². The molecule has 0 radical (unpaired) electrons. The van der Waals surface area contributed by atoms with Gasteiger partial charge in [-0.1, -0.05) is 42.5 Å². The van der Waals surface area contributed by atoms with E-state index in [1.54, 1.807) is 11.3 Å². The number of aromatic nitrogens is 1. The van der Waals surface area contributed by atoms with E-state index in [0.717, 1.165) is 51.0 Å². The molecule has 0 spiro atoms. The average molecular weight is 419 g/mol. The molecule has 1 fully saturated rings. The molecule has 1 N–H and O–H groups in total. The number of likely N-dealkylation sites (tertiary alicyclic amines) is 1. The van der Waals surface area contributed by atoms with E-state index in [0.29, 0.717) is 18.4 Å². The van der Waals surface area contributed by atoms with E-state index in [1.807, 2.05) is 6.07 Å². The molecule has 0 aliphatic carbocycles. The van der Waals surface area contributed by atoms with Gasteiger partial charge >= 0.3 is 0 Å². The van der Waals surface area contributed by atoms with E-state index >= 15 is 0 Å². The monoisotopic (exact) mass is 418 g/mol. The van der Waals surface area contributed by atoms with Gasteiger partial charge in [0.1, 0.15) is 0 Å². The van der Waals surface area contributed by atoms with Crippen LogP contribution < -0.4 is 4.90 Å². The maximum atomic E-state index is 13.0. The lowest BCUT2D eigenvalue weighted by Crippen LogP contribution is -3.13. The van der Waals surface area contributed by atoms with Crippen LogP contribution in [0.3, 0.4) is 0 Å². The molecule has 4 nitrogen and oxygen atoms in total. The number of carbonyl (C=O) groups is 1. The van der Waals surface area contributed by atoms with Crippen LogP contribution in [0.2, 0.25) is 0 Å². The molecule has 5 rings (SSSR count). The number of rotatable bonds is 4. The summed E-state index contributed by atoms with van der Waals surface area (Å²) in [5.74, 6) is 0.674. The van der Waals surface area contributed by atoms with Gasteiger partial charge in [0.15, 0.2) is 6.54 Å². The van der Waals surface area contributed by atoms with E-state index in [-0.39, 0.29) is 0 Å². The van der Waals surface area contributed by atoms with Crippen LogP contribution in [-0.4, -0.2) is 48.5 Å². The van der Waals surface area contributed by atoms with Gasteiger partial charge in [0.05, 0.1) is 28.3 Å². The van der Waals surface area contributed by atoms with Gasteiger partial charge in [-0.2, -0.15) is 0 Å². The summed E-state index contributed by atoms with van der Waals surface area (Å²) in [6, 6.07) is 18.9. The predicted molar refractivity (Wildman–Crippen MR) is 123 cm³/mol. The predicted octanol–water partition coefficient (Wildman–Crippen LogP) is 3.37. The molecule has 2 aromatic carbocycles. The van der Waals surface area contributed by atoms with Gasteiger partial charge in [-0.25, -0.2) is 4.98 Å². The van der Waals surface area contributed by atoms with Crippen molar-refractivity contribution < 1.29 is 9.69 Å². The summed E-state index contributed by atoms with van der Waals surface area (Å²) < 4.78 is 1.25. The number of nitrogens with one attached hydrogen (secondary N) is 1. The Bertz CT molecular complexity index is 1030. The lowest BCUT2D eigenvalue weighted by molar-refractivity contribution is -0.887. The molecule has 1 amide bonds. The molecule has 0 bridgehead atoms. The lowest BCUT2D eigenvalue weighted by atomic mass is 9.98. The van der Waals surface area contributed by atoms with Gasteiger partial charge in [0.25, 0.3) is 5.91 Å². The van der Waals surface area contributed by atoms with Crippen LogP contribution >= 0.6 is 11.3 Å². The molecule has 30 heavy (non-hydrogen) atoms. The summed E-state index contributed by atoms with van der Waals surface area (Å²) in [6.45, 7) is 4.27. The number of quaternary nitrogens is 1. The van der Waals surface area contributed by atoms with Gasteiger partial charge in [0, 0.05) is 25.4 Å². The van der Waals surface area contributed by atoms with Crippen LogP contribution in [0.5, 0.6) is 0 Å². The second kappa shape index (κ2) is 8.70. The zero-order valence-electron chi connectivity index (χ0n) is 17.2. The minimum atomic E-state index is 0.298. The molecule has 3 aromatic rings. The number of fused-ring (bicyclic) bond motifs is 1. The molecular formula is C25H28N3OS+. The number of nitrogens with zero attached hydrogens (tertiary/aromatic N) is 2. The maximum absolute atomic E-state index is 13.0. The molecule has 1 aromatic heterocycles. The van der Waals surface area contributed by atoms with Crippen LogP contribution in [0.25, 0.3) is 15.8 Å². The number of amides is 1. The topological polar surface area (TPSA) is 37.6 Å². The Morgan fingerprint density at radius 3 is 2.77 bits per heavy atom. The minimum Gasteiger partial charge on any atom is -0.337 e. The molecule has 2 atom stereocenters. The maximum Gasteiger partial charge on any atom is 0.277 e. The molecule has 2 aliphatic rings. The Morgan fingerprint density at radius 2 is 1.97 bits per heavy atom. The number of thiazole rings is 1. The second-order valence-corrected chi connectivity index (χ2v) is 9.49. The van der Waals surface area contributed by atoms with E-state index in [4.69, 9.17) is 4.98 Å². The highest BCUT2D eigenvalue weighted by atomic mass is 32.1. The van der Waals surface area contributed by atoms with E-state index in [2.05, 4.69) is 59.5 Å². The van der Waals surface area contributed by atoms with Crippen LogP contribution in [0.15, 0.2) is 60.7 Å². The quantitative estimate of drug-likeness (QED) is 0.705. The summed E-state index contributed by atoms with van der Waals surface area (Å²) in [6.07, 6.45) is 5.56. The largest absolute Gasteiger partial charge is 0.337 e. The van der Waals surface area contributed by atoms with E-state index in [9.17, 15) is 4.79 Å². The van der Waals surface area contributed by atoms with Gasteiger partial charge in [-0.05, 0) is 42.2 Å². The number of hydrogen-bond acceptors (Lipinski definition) is 3. The fraction of sp³-hybridized carbons (Fsp3) is 0.360. The van der Waals surface area contributed by atoms with E-state index < -0.39 is 0 Å². The van der Waals surface area contributed by atoms with Crippen molar-refractivity contribution in [3.8, 4) is 0 Å². The summed E-state index contributed by atoms with van der Waals surface area (Å²) in [5, 5.41) is 1.19. The summed E-state index contributed by atoms with van der Waals surface area (Å²) in [5.41, 5.74) is 3.82. The zero-order chi connectivity index (χ0) is 20.3.